The molecule has 1 aromatic rings. The van der Waals surface area contributed by atoms with Gasteiger partial charge < -0.3 is 15.4 Å². The van der Waals surface area contributed by atoms with Gasteiger partial charge in [-0.2, -0.15) is 0 Å². The average Bonchev–Trinajstić information content (AvgIpc) is 2.86. The predicted molar refractivity (Wildman–Crippen MR) is 73.2 cm³/mol. The van der Waals surface area contributed by atoms with Gasteiger partial charge in [-0.05, 0) is 12.8 Å². The summed E-state index contributed by atoms with van der Waals surface area (Å²) < 4.78 is 5.30. The molecule has 5 nitrogen and oxygen atoms in total. The van der Waals surface area contributed by atoms with Gasteiger partial charge in [0, 0.05) is 32.1 Å². The summed E-state index contributed by atoms with van der Waals surface area (Å²) in [4.78, 5) is 18.2. The number of methoxy groups -OCH3 is 1. The van der Waals surface area contributed by atoms with Crippen molar-refractivity contribution in [2.75, 3.05) is 20.2 Å². The molecule has 1 aliphatic rings. The summed E-state index contributed by atoms with van der Waals surface area (Å²) in [5, 5.41) is 2.58. The highest BCUT2D eigenvalue weighted by atomic mass is 35.5. The number of amides is 1. The molecular formula is C11H18ClN3O2S. The van der Waals surface area contributed by atoms with Crippen molar-refractivity contribution in [2.24, 2.45) is 5.73 Å². The molecule has 1 aliphatic heterocycles. The zero-order chi connectivity index (χ0) is 12.3. The number of ether oxygens (including phenoxy) is 1. The molecule has 0 saturated carbocycles. The number of piperidine rings is 1. The maximum absolute atomic E-state index is 12.2. The molecule has 1 aromatic heterocycles. The zero-order valence-electron chi connectivity index (χ0n) is 10.3. The van der Waals surface area contributed by atoms with E-state index in [1.165, 1.54) is 11.3 Å². The third kappa shape index (κ3) is 3.41. The molecule has 0 spiro atoms. The molecule has 0 radical (unpaired) electrons. The van der Waals surface area contributed by atoms with E-state index in [2.05, 4.69) is 4.98 Å². The van der Waals surface area contributed by atoms with Crippen molar-refractivity contribution in [3.63, 3.8) is 0 Å². The topological polar surface area (TPSA) is 68.5 Å². The minimum absolute atomic E-state index is 0. The zero-order valence-corrected chi connectivity index (χ0v) is 11.9. The number of carbonyl (C=O) groups excluding carboxylic acids is 1. The first-order valence-corrected chi connectivity index (χ1v) is 6.59. The molecule has 0 bridgehead atoms. The van der Waals surface area contributed by atoms with E-state index in [-0.39, 0.29) is 24.4 Å². The lowest BCUT2D eigenvalue weighted by atomic mass is 10.1. The largest absolute Gasteiger partial charge is 0.380 e. The number of hydrogen-bond donors (Lipinski definition) is 1. The van der Waals surface area contributed by atoms with Gasteiger partial charge in [0.25, 0.3) is 5.91 Å². The Morgan fingerprint density at radius 2 is 2.50 bits per heavy atom. The van der Waals surface area contributed by atoms with Crippen molar-refractivity contribution in [3.05, 3.63) is 16.1 Å². The number of thiazole rings is 1. The summed E-state index contributed by atoms with van der Waals surface area (Å²) >= 11 is 1.43. The van der Waals surface area contributed by atoms with Gasteiger partial charge in [0.15, 0.2) is 0 Å². The van der Waals surface area contributed by atoms with Crippen LogP contribution in [0.25, 0.3) is 0 Å². The quantitative estimate of drug-likeness (QED) is 0.911. The maximum atomic E-state index is 12.2. The second-order valence-electron chi connectivity index (χ2n) is 4.08. The van der Waals surface area contributed by atoms with Crippen LogP contribution in [0.5, 0.6) is 0 Å². The van der Waals surface area contributed by atoms with Crippen molar-refractivity contribution in [3.8, 4) is 0 Å². The van der Waals surface area contributed by atoms with Crippen LogP contribution in [0.3, 0.4) is 0 Å². The lowest BCUT2D eigenvalue weighted by Crippen LogP contribution is -2.43. The smallest absolute Gasteiger partial charge is 0.273 e. The lowest BCUT2D eigenvalue weighted by molar-refractivity contribution is 0.0266. The van der Waals surface area contributed by atoms with Crippen LogP contribution in [-0.2, 0) is 11.3 Å². The van der Waals surface area contributed by atoms with E-state index in [0.29, 0.717) is 18.8 Å². The Morgan fingerprint density at radius 1 is 1.72 bits per heavy atom. The van der Waals surface area contributed by atoms with E-state index in [0.717, 1.165) is 24.4 Å². The van der Waals surface area contributed by atoms with Crippen LogP contribution in [0, 0.1) is 0 Å². The Labute approximate surface area is 117 Å². The summed E-state index contributed by atoms with van der Waals surface area (Å²) in [5.41, 5.74) is 6.00. The second-order valence-corrected chi connectivity index (χ2v) is 5.02. The molecule has 1 amide bonds. The fraction of sp³-hybridized carbons (Fsp3) is 0.636. The molecule has 0 aliphatic carbocycles. The van der Waals surface area contributed by atoms with Crippen LogP contribution in [0.1, 0.15) is 28.3 Å². The first kappa shape index (κ1) is 15.4. The van der Waals surface area contributed by atoms with Crippen molar-refractivity contribution >= 4 is 29.7 Å². The minimum atomic E-state index is -0.0114. The first-order valence-electron chi connectivity index (χ1n) is 5.71. The third-order valence-corrected chi connectivity index (χ3v) is 3.82. The van der Waals surface area contributed by atoms with E-state index in [1.54, 1.807) is 12.5 Å². The van der Waals surface area contributed by atoms with Gasteiger partial charge in [-0.1, -0.05) is 0 Å². The van der Waals surface area contributed by atoms with Gasteiger partial charge >= 0.3 is 0 Å². The van der Waals surface area contributed by atoms with E-state index in [1.807, 2.05) is 4.90 Å². The molecule has 1 saturated heterocycles. The first-order chi connectivity index (χ1) is 8.24. The highest BCUT2D eigenvalue weighted by molar-refractivity contribution is 7.09. The SMILES string of the molecule is COC1CCCN(C(=O)c2csc(CN)n2)C1.Cl. The van der Waals surface area contributed by atoms with Gasteiger partial charge in [0.05, 0.1) is 6.10 Å². The van der Waals surface area contributed by atoms with Gasteiger partial charge in [-0.3, -0.25) is 4.79 Å². The number of likely N-dealkylation sites (tertiary alicyclic amines) is 1. The summed E-state index contributed by atoms with van der Waals surface area (Å²) in [6, 6.07) is 0. The molecule has 2 heterocycles. The van der Waals surface area contributed by atoms with E-state index in [9.17, 15) is 4.79 Å². The van der Waals surface area contributed by atoms with Crippen LogP contribution in [0.4, 0.5) is 0 Å². The second kappa shape index (κ2) is 7.04. The monoisotopic (exact) mass is 291 g/mol. The van der Waals surface area contributed by atoms with Crippen molar-refractivity contribution in [2.45, 2.75) is 25.5 Å². The Morgan fingerprint density at radius 3 is 3.11 bits per heavy atom. The van der Waals surface area contributed by atoms with Crippen molar-refractivity contribution in [1.82, 2.24) is 9.88 Å². The number of carbonyl (C=O) groups is 1. The third-order valence-electron chi connectivity index (χ3n) is 2.94. The van der Waals surface area contributed by atoms with E-state index >= 15 is 0 Å². The van der Waals surface area contributed by atoms with Crippen LogP contribution in [-0.4, -0.2) is 42.1 Å². The normalized spacial score (nSPS) is 19.4. The minimum Gasteiger partial charge on any atom is -0.380 e. The molecule has 18 heavy (non-hydrogen) atoms. The predicted octanol–water partition coefficient (Wildman–Crippen LogP) is 1.27. The Kier molecular flexibility index (Phi) is 6.01. The Balaban J connectivity index is 0.00000162. The highest BCUT2D eigenvalue weighted by Crippen LogP contribution is 2.17. The molecule has 102 valence electrons. The van der Waals surface area contributed by atoms with Gasteiger partial charge in [-0.25, -0.2) is 4.98 Å². The molecule has 0 aromatic carbocycles. The molecule has 1 atom stereocenters. The molecule has 2 rings (SSSR count). The fourth-order valence-corrected chi connectivity index (χ4v) is 2.63. The number of hydrogen-bond acceptors (Lipinski definition) is 5. The number of aromatic nitrogens is 1. The van der Waals surface area contributed by atoms with Crippen LogP contribution in [0.15, 0.2) is 5.38 Å². The van der Waals surface area contributed by atoms with Crippen molar-refractivity contribution < 1.29 is 9.53 Å². The lowest BCUT2D eigenvalue weighted by Gasteiger charge is -2.31. The fourth-order valence-electron chi connectivity index (χ4n) is 1.98. The van der Waals surface area contributed by atoms with Gasteiger partial charge in [0.1, 0.15) is 10.7 Å². The van der Waals surface area contributed by atoms with Crippen LogP contribution in [0.2, 0.25) is 0 Å². The summed E-state index contributed by atoms with van der Waals surface area (Å²) in [7, 11) is 1.69. The molecular weight excluding hydrogens is 274 g/mol. The van der Waals surface area contributed by atoms with Crippen LogP contribution < -0.4 is 5.73 Å². The Bertz CT molecular complexity index is 399. The molecule has 2 N–H and O–H groups in total. The average molecular weight is 292 g/mol. The van der Waals surface area contributed by atoms with Gasteiger partial charge in [0.2, 0.25) is 0 Å². The highest BCUT2D eigenvalue weighted by Gasteiger charge is 2.25. The van der Waals surface area contributed by atoms with E-state index < -0.39 is 0 Å². The molecule has 1 unspecified atom stereocenters. The van der Waals surface area contributed by atoms with E-state index in [4.69, 9.17) is 10.5 Å². The molecule has 1 fully saturated rings. The summed E-state index contributed by atoms with van der Waals surface area (Å²) in [6.45, 7) is 1.83. The summed E-state index contributed by atoms with van der Waals surface area (Å²) in [6.07, 6.45) is 2.16. The standard InChI is InChI=1S/C11H17N3O2S.ClH/c1-16-8-3-2-4-14(6-8)11(15)9-7-17-10(5-12)13-9;/h7-8H,2-6,12H2,1H3;1H. The molecule has 7 heteroatoms. The summed E-state index contributed by atoms with van der Waals surface area (Å²) in [5.74, 6) is -0.0114. The van der Waals surface area contributed by atoms with Crippen LogP contribution >= 0.6 is 23.7 Å². The number of nitrogens with zero attached hydrogens (tertiary/aromatic N) is 2. The number of halogens is 1. The number of rotatable bonds is 3. The maximum Gasteiger partial charge on any atom is 0.273 e. The number of nitrogens with two attached hydrogens (primary N) is 1. The van der Waals surface area contributed by atoms with Gasteiger partial charge in [-0.15, -0.1) is 23.7 Å². The van der Waals surface area contributed by atoms with Crippen molar-refractivity contribution in [1.29, 1.82) is 0 Å². The Hall–Kier alpha value is -0.690.